The molecule has 0 aliphatic carbocycles. The lowest BCUT2D eigenvalue weighted by molar-refractivity contribution is 0.179. The van der Waals surface area contributed by atoms with E-state index in [1.54, 1.807) is 0 Å². The molecule has 4 heteroatoms. The van der Waals surface area contributed by atoms with Gasteiger partial charge >= 0.3 is 0 Å². The molecule has 2 N–H and O–H groups in total. The summed E-state index contributed by atoms with van der Waals surface area (Å²) in [5.41, 5.74) is 6.95. The Hall–Kier alpha value is -1.71. The first-order valence-corrected chi connectivity index (χ1v) is 7.39. The van der Waals surface area contributed by atoms with Crippen LogP contribution in [0.1, 0.15) is 25.5 Å². The van der Waals surface area contributed by atoms with E-state index in [0.29, 0.717) is 17.4 Å². The van der Waals surface area contributed by atoms with Crippen LogP contribution in [0.2, 0.25) is 5.02 Å². The smallest absolute Gasteiger partial charge is 0.140 e. The van der Waals surface area contributed by atoms with Gasteiger partial charge in [0, 0.05) is 22.7 Å². The molecule has 2 aromatic carbocycles. The molecule has 0 heterocycles. The van der Waals surface area contributed by atoms with Crippen molar-refractivity contribution in [2.45, 2.75) is 26.0 Å². The van der Waals surface area contributed by atoms with Crippen LogP contribution in [-0.2, 0) is 0 Å². The van der Waals surface area contributed by atoms with E-state index >= 15 is 0 Å². The van der Waals surface area contributed by atoms with E-state index in [1.807, 2.05) is 62.4 Å². The molecule has 2 aromatic rings. The van der Waals surface area contributed by atoms with Gasteiger partial charge in [0.25, 0.3) is 0 Å². The van der Waals surface area contributed by atoms with Crippen molar-refractivity contribution in [3.63, 3.8) is 0 Å². The lowest BCUT2D eigenvalue weighted by Gasteiger charge is -2.24. The maximum absolute atomic E-state index is 6.25. The second kappa shape index (κ2) is 7.34. The summed E-state index contributed by atoms with van der Waals surface area (Å²) < 4.78 is 11.5. The molecule has 0 saturated carbocycles. The summed E-state index contributed by atoms with van der Waals surface area (Å²) in [6.07, 6.45) is -0.310. The van der Waals surface area contributed by atoms with Crippen LogP contribution >= 0.6 is 11.6 Å². The predicted octanol–water partition coefficient (Wildman–Crippen LogP) is 4.21. The zero-order valence-electron chi connectivity index (χ0n) is 12.3. The number of benzene rings is 2. The predicted molar refractivity (Wildman–Crippen MR) is 86.1 cm³/mol. The van der Waals surface area contributed by atoms with E-state index in [1.165, 1.54) is 0 Å². The van der Waals surface area contributed by atoms with Crippen LogP contribution in [0.4, 0.5) is 0 Å². The van der Waals surface area contributed by atoms with Crippen molar-refractivity contribution in [2.24, 2.45) is 5.73 Å². The van der Waals surface area contributed by atoms with Crippen LogP contribution in [0.25, 0.3) is 0 Å². The van der Waals surface area contributed by atoms with E-state index in [2.05, 4.69) is 0 Å². The highest BCUT2D eigenvalue weighted by Crippen LogP contribution is 2.30. The van der Waals surface area contributed by atoms with Crippen LogP contribution < -0.4 is 15.2 Å². The second-order valence-corrected chi connectivity index (χ2v) is 5.23. The van der Waals surface area contributed by atoms with Gasteiger partial charge in [0.1, 0.15) is 17.6 Å². The molecule has 0 saturated heterocycles. The Morgan fingerprint density at radius 3 is 2.48 bits per heavy atom. The largest absolute Gasteiger partial charge is 0.494 e. The lowest BCUT2D eigenvalue weighted by Crippen LogP contribution is -2.29. The number of halogens is 1. The van der Waals surface area contributed by atoms with Gasteiger partial charge in [0.2, 0.25) is 0 Å². The van der Waals surface area contributed by atoms with Crippen LogP contribution in [0.15, 0.2) is 48.5 Å². The van der Waals surface area contributed by atoms with Gasteiger partial charge < -0.3 is 15.2 Å². The topological polar surface area (TPSA) is 44.5 Å². The van der Waals surface area contributed by atoms with E-state index in [4.69, 9.17) is 26.8 Å². The van der Waals surface area contributed by atoms with Gasteiger partial charge in [-0.25, -0.2) is 0 Å². The van der Waals surface area contributed by atoms with Crippen molar-refractivity contribution in [1.82, 2.24) is 0 Å². The average Bonchev–Trinajstić information content (AvgIpc) is 2.46. The zero-order valence-corrected chi connectivity index (χ0v) is 13.0. The third kappa shape index (κ3) is 4.13. The molecule has 2 rings (SSSR count). The number of nitrogens with two attached hydrogens (primary N) is 1. The number of hydrogen-bond donors (Lipinski definition) is 1. The molecule has 0 aliphatic heterocycles. The van der Waals surface area contributed by atoms with E-state index in [0.717, 1.165) is 11.3 Å². The van der Waals surface area contributed by atoms with Gasteiger partial charge in [-0.2, -0.15) is 0 Å². The van der Waals surface area contributed by atoms with Crippen molar-refractivity contribution in [3.05, 3.63) is 59.1 Å². The quantitative estimate of drug-likeness (QED) is 0.869. The summed E-state index contributed by atoms with van der Waals surface area (Å²) >= 11 is 6.25. The van der Waals surface area contributed by atoms with Crippen molar-refractivity contribution in [3.8, 4) is 11.5 Å². The van der Waals surface area contributed by atoms with Gasteiger partial charge in [0.15, 0.2) is 0 Å². The number of rotatable bonds is 6. The minimum atomic E-state index is -0.310. The summed E-state index contributed by atoms with van der Waals surface area (Å²) in [5.74, 6) is 1.49. The average molecular weight is 306 g/mol. The molecular weight excluding hydrogens is 286 g/mol. The maximum atomic E-state index is 6.25. The molecule has 0 aromatic heterocycles. The van der Waals surface area contributed by atoms with Gasteiger partial charge in [-0.05, 0) is 32.0 Å². The highest BCUT2D eigenvalue weighted by Gasteiger charge is 2.20. The maximum Gasteiger partial charge on any atom is 0.140 e. The first-order chi connectivity index (χ1) is 10.1. The van der Waals surface area contributed by atoms with Crippen LogP contribution in [0.5, 0.6) is 11.5 Å². The summed E-state index contributed by atoms with van der Waals surface area (Å²) in [6, 6.07) is 14.9. The fourth-order valence-corrected chi connectivity index (χ4v) is 2.35. The Bertz CT molecular complexity index is 587. The minimum absolute atomic E-state index is 0.194. The van der Waals surface area contributed by atoms with Crippen LogP contribution in [0.3, 0.4) is 0 Å². The molecule has 2 atom stereocenters. The molecule has 3 nitrogen and oxygen atoms in total. The molecule has 0 fully saturated rings. The Morgan fingerprint density at radius 1 is 1.10 bits per heavy atom. The highest BCUT2D eigenvalue weighted by molar-refractivity contribution is 6.31. The Labute approximate surface area is 130 Å². The molecule has 0 aliphatic rings. The number of ether oxygens (including phenoxy) is 2. The molecule has 0 spiro atoms. The van der Waals surface area contributed by atoms with Gasteiger partial charge in [-0.3, -0.25) is 0 Å². The molecule has 2 unspecified atom stereocenters. The molecule has 112 valence electrons. The van der Waals surface area contributed by atoms with Crippen molar-refractivity contribution in [2.75, 3.05) is 6.61 Å². The van der Waals surface area contributed by atoms with E-state index in [-0.39, 0.29) is 12.1 Å². The second-order valence-electron chi connectivity index (χ2n) is 4.83. The molecule has 21 heavy (non-hydrogen) atoms. The zero-order chi connectivity index (χ0) is 15.2. The summed E-state index contributed by atoms with van der Waals surface area (Å²) in [5, 5.41) is 0.653. The van der Waals surface area contributed by atoms with Crippen LogP contribution in [0, 0.1) is 0 Å². The third-order valence-corrected chi connectivity index (χ3v) is 3.41. The Kier molecular flexibility index (Phi) is 5.48. The minimum Gasteiger partial charge on any atom is -0.494 e. The third-order valence-electron chi connectivity index (χ3n) is 3.07. The van der Waals surface area contributed by atoms with Crippen molar-refractivity contribution < 1.29 is 9.47 Å². The van der Waals surface area contributed by atoms with Gasteiger partial charge in [-0.15, -0.1) is 0 Å². The van der Waals surface area contributed by atoms with Crippen molar-refractivity contribution >= 4 is 11.6 Å². The lowest BCUT2D eigenvalue weighted by atomic mass is 10.0. The summed E-state index contributed by atoms with van der Waals surface area (Å²) in [6.45, 7) is 4.47. The van der Waals surface area contributed by atoms with Crippen LogP contribution in [-0.4, -0.2) is 12.6 Å². The van der Waals surface area contributed by atoms with E-state index < -0.39 is 0 Å². The highest BCUT2D eigenvalue weighted by atomic mass is 35.5. The fraction of sp³-hybridized carbons (Fsp3) is 0.294. The summed E-state index contributed by atoms with van der Waals surface area (Å²) in [7, 11) is 0. The van der Waals surface area contributed by atoms with E-state index in [9.17, 15) is 0 Å². The normalized spacial score (nSPS) is 13.5. The number of hydrogen-bond acceptors (Lipinski definition) is 3. The SMILES string of the molecule is CCOc1cccc(OC(c2ccccc2Cl)C(C)N)c1. The first kappa shape index (κ1) is 15.7. The monoisotopic (exact) mass is 305 g/mol. The molecular formula is C17H20ClNO2. The first-order valence-electron chi connectivity index (χ1n) is 7.01. The van der Waals surface area contributed by atoms with Crippen molar-refractivity contribution in [1.29, 1.82) is 0 Å². The summed E-state index contributed by atoms with van der Waals surface area (Å²) in [4.78, 5) is 0. The Balaban J connectivity index is 2.25. The Morgan fingerprint density at radius 2 is 1.81 bits per heavy atom. The standard InChI is InChI=1S/C17H20ClNO2/c1-3-20-13-7-6-8-14(11-13)21-17(12(2)19)15-9-4-5-10-16(15)18/h4-12,17H,3,19H2,1-2H3. The fourth-order valence-electron chi connectivity index (χ4n) is 2.11. The molecule has 0 amide bonds. The molecule has 0 bridgehead atoms. The molecule has 0 radical (unpaired) electrons. The van der Waals surface area contributed by atoms with Gasteiger partial charge in [0.05, 0.1) is 6.61 Å². The van der Waals surface area contributed by atoms with Gasteiger partial charge in [-0.1, -0.05) is 35.9 Å².